The molecule has 0 atom stereocenters. The van der Waals surface area contributed by atoms with E-state index in [-0.39, 0.29) is 46.8 Å². The van der Waals surface area contributed by atoms with Gasteiger partial charge in [-0.2, -0.15) is 0 Å². The molecule has 0 aromatic heterocycles. The minimum Gasteiger partial charge on any atom is -1.00 e. The predicted octanol–water partition coefficient (Wildman–Crippen LogP) is -0.442. The first-order valence-electron chi connectivity index (χ1n) is 4.60. The molecule has 0 saturated carbocycles. The van der Waals surface area contributed by atoms with Crippen LogP contribution in [0.2, 0.25) is 0 Å². The summed E-state index contributed by atoms with van der Waals surface area (Å²) in [6.45, 7) is 3.36. The van der Waals surface area contributed by atoms with Crippen molar-refractivity contribution in [1.82, 2.24) is 0 Å². The monoisotopic (exact) mass is 218 g/mol. The van der Waals surface area contributed by atoms with Crippen LogP contribution in [0.1, 0.15) is 35.5 Å². The van der Waals surface area contributed by atoms with E-state index in [0.29, 0.717) is 13.1 Å². The minimum atomic E-state index is -0.0958. The van der Waals surface area contributed by atoms with Gasteiger partial charge in [0.1, 0.15) is 0 Å². The fourth-order valence-electron chi connectivity index (χ4n) is 0.630. The first-order valence-corrected chi connectivity index (χ1v) is 4.60. The van der Waals surface area contributed by atoms with Crippen LogP contribution in [0.4, 0.5) is 0 Å². The first-order chi connectivity index (χ1) is 5.68. The van der Waals surface area contributed by atoms with Gasteiger partial charge in [0.15, 0.2) is 0 Å². The van der Waals surface area contributed by atoms with Gasteiger partial charge in [-0.3, -0.25) is 0 Å². The molecule has 0 rings (SSSR count). The van der Waals surface area contributed by atoms with E-state index in [2.05, 4.69) is 6.92 Å². The summed E-state index contributed by atoms with van der Waals surface area (Å²) in [4.78, 5) is 0. The van der Waals surface area contributed by atoms with Crippen molar-refractivity contribution in [2.45, 2.75) is 38.8 Å². The number of nitrogens with two attached hydrogens (primary N) is 4. The van der Waals surface area contributed by atoms with Crippen molar-refractivity contribution >= 4 is 37.7 Å². The molecule has 0 heterocycles. The van der Waals surface area contributed by atoms with Gasteiger partial charge in [-0.25, -0.2) is 0 Å². The molecule has 0 amide bonds. The van der Waals surface area contributed by atoms with Gasteiger partial charge in [0.05, 0.1) is 6.17 Å². The summed E-state index contributed by atoms with van der Waals surface area (Å²) in [5.74, 6) is 0. The van der Waals surface area contributed by atoms with Crippen LogP contribution < -0.4 is 22.9 Å². The standard InChI is InChI=1S/C6H16N2.C2H8N2.Ca.2H/c1-2-3-4-5-6(7)8;3-1-2-4;;;/h6H,2-5,7-8H2,1H3;1-4H2;;;/q;;+2;2*-1. The zero-order valence-corrected chi connectivity index (χ0v) is 11.0. The molecule has 0 aliphatic carbocycles. The van der Waals surface area contributed by atoms with Crippen molar-refractivity contribution in [3.05, 3.63) is 0 Å². The maximum atomic E-state index is 5.31. The van der Waals surface area contributed by atoms with Crippen LogP contribution in [0, 0.1) is 0 Å². The molecule has 0 aliphatic rings. The van der Waals surface area contributed by atoms with Crippen LogP contribution in [-0.2, 0) is 0 Å². The van der Waals surface area contributed by atoms with Gasteiger partial charge in [-0.1, -0.05) is 26.2 Å². The third kappa shape index (κ3) is 32.0. The van der Waals surface area contributed by atoms with Crippen LogP contribution in [0.15, 0.2) is 0 Å². The number of hydrogen-bond acceptors (Lipinski definition) is 4. The van der Waals surface area contributed by atoms with Crippen LogP contribution >= 0.6 is 0 Å². The topological polar surface area (TPSA) is 104 Å². The molecule has 0 bridgehead atoms. The molecule has 0 fully saturated rings. The van der Waals surface area contributed by atoms with Gasteiger partial charge in [-0.05, 0) is 6.42 Å². The van der Waals surface area contributed by atoms with Crippen molar-refractivity contribution in [3.8, 4) is 0 Å². The zero-order valence-electron chi connectivity index (χ0n) is 10.8. The van der Waals surface area contributed by atoms with E-state index in [4.69, 9.17) is 22.9 Å². The molecule has 0 radical (unpaired) electrons. The maximum Gasteiger partial charge on any atom is 2.00 e. The Balaban J connectivity index is -0.0000000424. The van der Waals surface area contributed by atoms with Crippen LogP contribution in [0.25, 0.3) is 0 Å². The second kappa shape index (κ2) is 18.8. The molecular formula is C8H26CaN4. The summed E-state index contributed by atoms with van der Waals surface area (Å²) in [5, 5.41) is 0. The quantitative estimate of drug-likeness (QED) is 0.285. The number of unbranched alkanes of at least 4 members (excludes halogenated alkanes) is 2. The normalized spacial score (nSPS) is 8.77. The summed E-state index contributed by atoms with van der Waals surface area (Å²) in [7, 11) is 0. The molecule has 0 aromatic rings. The molecule has 0 unspecified atom stereocenters. The fourth-order valence-corrected chi connectivity index (χ4v) is 0.630. The number of rotatable bonds is 5. The molecule has 0 saturated heterocycles. The van der Waals surface area contributed by atoms with E-state index >= 15 is 0 Å². The summed E-state index contributed by atoms with van der Waals surface area (Å²) in [6.07, 6.45) is 4.54. The van der Waals surface area contributed by atoms with Crippen molar-refractivity contribution in [1.29, 1.82) is 0 Å². The minimum absolute atomic E-state index is 0. The zero-order chi connectivity index (χ0) is 9.82. The van der Waals surface area contributed by atoms with Gasteiger partial charge >= 0.3 is 37.7 Å². The largest absolute Gasteiger partial charge is 2.00 e. The van der Waals surface area contributed by atoms with E-state index < -0.39 is 0 Å². The Labute approximate surface area is 115 Å². The molecular weight excluding hydrogens is 192 g/mol. The van der Waals surface area contributed by atoms with E-state index in [9.17, 15) is 0 Å². The first kappa shape index (κ1) is 19.6. The van der Waals surface area contributed by atoms with Gasteiger partial charge in [0.2, 0.25) is 0 Å². The fraction of sp³-hybridized carbons (Fsp3) is 1.00. The second-order valence-corrected chi connectivity index (χ2v) is 2.74. The van der Waals surface area contributed by atoms with Crippen molar-refractivity contribution < 1.29 is 2.85 Å². The van der Waals surface area contributed by atoms with Crippen molar-refractivity contribution in [3.63, 3.8) is 0 Å². The predicted molar refractivity (Wildman–Crippen MR) is 62.4 cm³/mol. The van der Waals surface area contributed by atoms with Gasteiger partial charge < -0.3 is 25.8 Å². The smallest absolute Gasteiger partial charge is 1.00 e. The Morgan fingerprint density at radius 1 is 1.08 bits per heavy atom. The third-order valence-electron chi connectivity index (χ3n) is 1.31. The van der Waals surface area contributed by atoms with Gasteiger partial charge in [0.25, 0.3) is 0 Å². The van der Waals surface area contributed by atoms with E-state index in [0.717, 1.165) is 6.42 Å². The Hall–Kier alpha value is 1.10. The molecule has 13 heavy (non-hydrogen) atoms. The average Bonchev–Trinajstić information content (AvgIpc) is 2.05. The van der Waals surface area contributed by atoms with Crippen LogP contribution in [0.5, 0.6) is 0 Å². The van der Waals surface area contributed by atoms with Crippen molar-refractivity contribution in [2.75, 3.05) is 13.1 Å². The van der Waals surface area contributed by atoms with Crippen molar-refractivity contribution in [2.24, 2.45) is 22.9 Å². The Kier molecular flexibility index (Phi) is 28.4. The summed E-state index contributed by atoms with van der Waals surface area (Å²) in [6, 6.07) is 0. The average molecular weight is 218 g/mol. The summed E-state index contributed by atoms with van der Waals surface area (Å²) < 4.78 is 0. The van der Waals surface area contributed by atoms with E-state index in [1.807, 2.05) is 0 Å². The molecule has 5 heteroatoms. The van der Waals surface area contributed by atoms with Gasteiger partial charge in [-0.15, -0.1) is 0 Å². The second-order valence-electron chi connectivity index (χ2n) is 2.74. The van der Waals surface area contributed by atoms with E-state index in [1.165, 1.54) is 19.3 Å². The molecule has 80 valence electrons. The van der Waals surface area contributed by atoms with E-state index in [1.54, 1.807) is 0 Å². The molecule has 0 spiro atoms. The number of hydrogen-bond donors (Lipinski definition) is 4. The summed E-state index contributed by atoms with van der Waals surface area (Å²) >= 11 is 0. The van der Waals surface area contributed by atoms with Crippen LogP contribution in [0.3, 0.4) is 0 Å². The Morgan fingerprint density at radius 3 is 1.77 bits per heavy atom. The summed E-state index contributed by atoms with van der Waals surface area (Å²) in [5.41, 5.74) is 20.4. The molecule has 4 nitrogen and oxygen atoms in total. The Bertz CT molecular complexity index is 77.7. The Morgan fingerprint density at radius 2 is 1.54 bits per heavy atom. The SMILES string of the molecule is CCCCCC(N)N.NCCN.[Ca+2].[H-].[H-]. The van der Waals surface area contributed by atoms with Crippen LogP contribution in [-0.4, -0.2) is 57.0 Å². The molecule has 0 aliphatic heterocycles. The molecule has 8 N–H and O–H groups in total. The third-order valence-corrected chi connectivity index (χ3v) is 1.31. The molecule has 0 aromatic carbocycles. The van der Waals surface area contributed by atoms with Gasteiger partial charge in [0, 0.05) is 13.1 Å². The maximum absolute atomic E-state index is 5.31.